The van der Waals surface area contributed by atoms with E-state index in [4.69, 9.17) is 4.98 Å². The maximum atomic E-state index is 9.32. The fraction of sp³-hybridized carbons (Fsp3) is 0.333. The summed E-state index contributed by atoms with van der Waals surface area (Å²) in [5.74, 6) is 2.01. The van der Waals surface area contributed by atoms with Gasteiger partial charge in [0.05, 0.1) is 36.4 Å². The molecule has 0 spiro atoms. The Balaban J connectivity index is 1.45. The number of aromatic amines is 1. The van der Waals surface area contributed by atoms with Gasteiger partial charge in [-0.05, 0) is 25.0 Å². The molecule has 0 radical (unpaired) electrons. The van der Waals surface area contributed by atoms with E-state index in [0.29, 0.717) is 24.8 Å². The first-order valence-electron chi connectivity index (χ1n) is 8.83. The van der Waals surface area contributed by atoms with Crippen molar-refractivity contribution in [2.45, 2.75) is 31.8 Å². The number of para-hydroxylation sites is 2. The summed E-state index contributed by atoms with van der Waals surface area (Å²) in [4.78, 5) is 17.2. The van der Waals surface area contributed by atoms with Crippen molar-refractivity contribution in [2.75, 3.05) is 11.9 Å². The van der Waals surface area contributed by atoms with Crippen molar-refractivity contribution in [3.8, 4) is 0 Å². The molecular formula is C18H19N7O. The van der Waals surface area contributed by atoms with Crippen LogP contribution in [0.4, 0.5) is 5.82 Å². The summed E-state index contributed by atoms with van der Waals surface area (Å²) < 4.78 is 1.72. The van der Waals surface area contributed by atoms with Crippen molar-refractivity contribution in [3.05, 3.63) is 42.0 Å². The number of hydrogen-bond donors (Lipinski definition) is 3. The van der Waals surface area contributed by atoms with E-state index < -0.39 is 0 Å². The van der Waals surface area contributed by atoms with Crippen LogP contribution in [0.2, 0.25) is 0 Å². The minimum atomic E-state index is 0.00906. The fourth-order valence-corrected chi connectivity index (χ4v) is 3.16. The molecule has 0 bridgehead atoms. The van der Waals surface area contributed by atoms with Gasteiger partial charge < -0.3 is 15.4 Å². The predicted octanol–water partition coefficient (Wildman–Crippen LogP) is 2.18. The highest BCUT2D eigenvalue weighted by Gasteiger charge is 2.26. The highest BCUT2D eigenvalue weighted by Crippen LogP contribution is 2.39. The molecule has 8 heteroatoms. The maximum Gasteiger partial charge on any atom is 0.179 e. The van der Waals surface area contributed by atoms with Crippen molar-refractivity contribution in [1.29, 1.82) is 0 Å². The molecule has 3 heterocycles. The Bertz CT molecular complexity index is 1050. The van der Waals surface area contributed by atoms with E-state index in [0.717, 1.165) is 33.7 Å². The summed E-state index contributed by atoms with van der Waals surface area (Å²) in [6, 6.07) is 7.93. The zero-order valence-electron chi connectivity index (χ0n) is 14.2. The van der Waals surface area contributed by atoms with E-state index >= 15 is 0 Å². The predicted molar refractivity (Wildman–Crippen MR) is 97.8 cm³/mol. The Hall–Kier alpha value is -3.00. The van der Waals surface area contributed by atoms with Crippen molar-refractivity contribution in [2.24, 2.45) is 0 Å². The van der Waals surface area contributed by atoms with Gasteiger partial charge in [-0.25, -0.2) is 19.6 Å². The Morgan fingerprint density at radius 1 is 1.23 bits per heavy atom. The number of aromatic nitrogens is 6. The molecule has 1 aromatic carbocycles. The van der Waals surface area contributed by atoms with E-state index in [2.05, 4.69) is 25.4 Å². The first-order chi connectivity index (χ1) is 12.8. The standard InChI is InChI=1S/C18H19N7O/c26-8-7-25-18-16(19-9-14(23-18)11-5-6-11)17(24-25)20-10-15-21-12-3-1-2-4-13(12)22-15/h1-4,9,11,26H,5-8,10H2,(H,20,24)(H,21,22). The number of nitrogens with one attached hydrogen (secondary N) is 2. The molecule has 0 unspecified atom stereocenters. The molecule has 5 rings (SSSR count). The Morgan fingerprint density at radius 2 is 2.12 bits per heavy atom. The number of hydrogen-bond acceptors (Lipinski definition) is 6. The Morgan fingerprint density at radius 3 is 2.92 bits per heavy atom. The van der Waals surface area contributed by atoms with E-state index in [1.54, 1.807) is 4.68 Å². The van der Waals surface area contributed by atoms with Gasteiger partial charge in [-0.3, -0.25) is 0 Å². The minimum absolute atomic E-state index is 0.00906. The number of anilines is 1. The number of aliphatic hydroxyl groups excluding tert-OH is 1. The quantitative estimate of drug-likeness (QED) is 0.493. The largest absolute Gasteiger partial charge is 0.394 e. The first kappa shape index (κ1) is 15.3. The lowest BCUT2D eigenvalue weighted by atomic mass is 10.3. The van der Waals surface area contributed by atoms with Crippen molar-refractivity contribution in [3.63, 3.8) is 0 Å². The van der Waals surface area contributed by atoms with Gasteiger partial charge in [-0.1, -0.05) is 12.1 Å². The van der Waals surface area contributed by atoms with E-state index in [1.807, 2.05) is 30.5 Å². The molecule has 4 aromatic rings. The second-order valence-corrected chi connectivity index (χ2v) is 6.59. The molecule has 1 aliphatic rings. The van der Waals surface area contributed by atoms with Crippen LogP contribution in [0.5, 0.6) is 0 Å². The summed E-state index contributed by atoms with van der Waals surface area (Å²) in [6.07, 6.45) is 4.19. The number of fused-ring (bicyclic) bond motifs is 2. The summed E-state index contributed by atoms with van der Waals surface area (Å²) in [6.45, 7) is 0.909. The normalized spacial score (nSPS) is 14.3. The molecule has 1 fully saturated rings. The molecule has 8 nitrogen and oxygen atoms in total. The minimum Gasteiger partial charge on any atom is -0.394 e. The van der Waals surface area contributed by atoms with Gasteiger partial charge in [0.25, 0.3) is 0 Å². The molecule has 1 aliphatic carbocycles. The number of imidazole rings is 1. The van der Waals surface area contributed by atoms with Crippen LogP contribution in [0.15, 0.2) is 30.5 Å². The highest BCUT2D eigenvalue weighted by molar-refractivity contribution is 5.83. The summed E-state index contributed by atoms with van der Waals surface area (Å²) in [7, 11) is 0. The molecule has 26 heavy (non-hydrogen) atoms. The zero-order valence-corrected chi connectivity index (χ0v) is 14.2. The van der Waals surface area contributed by atoms with Crippen LogP contribution in [0, 0.1) is 0 Å². The van der Waals surface area contributed by atoms with Gasteiger partial charge in [0.15, 0.2) is 17.0 Å². The second-order valence-electron chi connectivity index (χ2n) is 6.59. The summed E-state index contributed by atoms with van der Waals surface area (Å²) in [5, 5.41) is 17.2. The molecule has 0 atom stereocenters. The Kier molecular flexibility index (Phi) is 3.56. The average molecular weight is 349 g/mol. The van der Waals surface area contributed by atoms with Gasteiger partial charge >= 0.3 is 0 Å². The van der Waals surface area contributed by atoms with Gasteiger partial charge in [0, 0.05) is 12.1 Å². The van der Waals surface area contributed by atoms with E-state index in [-0.39, 0.29) is 6.61 Å². The van der Waals surface area contributed by atoms with Crippen LogP contribution < -0.4 is 5.32 Å². The molecule has 0 saturated heterocycles. The fourth-order valence-electron chi connectivity index (χ4n) is 3.16. The van der Waals surface area contributed by atoms with E-state index in [9.17, 15) is 5.11 Å². The van der Waals surface area contributed by atoms with Gasteiger partial charge in [-0.15, -0.1) is 0 Å². The maximum absolute atomic E-state index is 9.32. The van der Waals surface area contributed by atoms with Crippen LogP contribution in [-0.4, -0.2) is 41.4 Å². The van der Waals surface area contributed by atoms with Crippen LogP contribution in [0.25, 0.3) is 22.2 Å². The van der Waals surface area contributed by atoms with Crippen molar-refractivity contribution >= 4 is 28.0 Å². The molecular weight excluding hydrogens is 330 g/mol. The van der Waals surface area contributed by atoms with Gasteiger partial charge in [-0.2, -0.15) is 5.10 Å². The molecule has 132 valence electrons. The number of aliphatic hydroxyl groups is 1. The molecule has 0 aliphatic heterocycles. The van der Waals surface area contributed by atoms with Gasteiger partial charge in [0.2, 0.25) is 0 Å². The van der Waals surface area contributed by atoms with Crippen LogP contribution in [0.3, 0.4) is 0 Å². The van der Waals surface area contributed by atoms with Gasteiger partial charge in [0.1, 0.15) is 5.82 Å². The topological polar surface area (TPSA) is 105 Å². The molecule has 0 amide bonds. The van der Waals surface area contributed by atoms with E-state index in [1.165, 1.54) is 12.8 Å². The molecule has 3 N–H and O–H groups in total. The third kappa shape index (κ3) is 2.68. The number of H-pyrrole nitrogens is 1. The van der Waals surface area contributed by atoms with Crippen molar-refractivity contribution < 1.29 is 5.11 Å². The molecule has 1 saturated carbocycles. The average Bonchev–Trinajstić information content (AvgIpc) is 3.34. The smallest absolute Gasteiger partial charge is 0.179 e. The van der Waals surface area contributed by atoms with Crippen LogP contribution >= 0.6 is 0 Å². The summed E-state index contributed by atoms with van der Waals surface area (Å²) >= 11 is 0. The zero-order chi connectivity index (χ0) is 17.5. The number of nitrogens with zero attached hydrogens (tertiary/aromatic N) is 5. The second kappa shape index (κ2) is 6.06. The SMILES string of the molecule is OCCn1nc(NCc2nc3ccccc3[nH]2)c2ncc(C3CC3)nc21. The lowest BCUT2D eigenvalue weighted by Crippen LogP contribution is -2.06. The number of benzene rings is 1. The third-order valence-electron chi connectivity index (χ3n) is 4.63. The van der Waals surface area contributed by atoms with Crippen LogP contribution in [-0.2, 0) is 13.1 Å². The van der Waals surface area contributed by atoms with Crippen molar-refractivity contribution in [1.82, 2.24) is 29.7 Å². The lowest BCUT2D eigenvalue weighted by molar-refractivity contribution is 0.271. The third-order valence-corrected chi connectivity index (χ3v) is 4.63. The number of rotatable bonds is 6. The Labute approximate surface area is 149 Å². The monoisotopic (exact) mass is 349 g/mol. The highest BCUT2D eigenvalue weighted by atomic mass is 16.3. The molecule has 3 aromatic heterocycles. The summed E-state index contributed by atoms with van der Waals surface area (Å²) in [5.41, 5.74) is 4.40. The lowest BCUT2D eigenvalue weighted by Gasteiger charge is -2.01. The first-order valence-corrected chi connectivity index (χ1v) is 8.83. The van der Waals surface area contributed by atoms with Crippen LogP contribution in [0.1, 0.15) is 30.3 Å².